The smallest absolute Gasteiger partial charge is 0.237 e. The number of piperidine rings is 1. The normalized spacial score (nSPS) is 20.4. The van der Waals surface area contributed by atoms with Crippen LogP contribution >= 0.6 is 11.6 Å². The van der Waals surface area contributed by atoms with Gasteiger partial charge in [-0.1, -0.05) is 84.2 Å². The number of likely N-dealkylation sites (N-methyl/N-ethyl adjacent to an activating group) is 1. The third kappa shape index (κ3) is 4.90. The first-order chi connectivity index (χ1) is 20.5. The number of benzene rings is 3. The van der Waals surface area contributed by atoms with Crippen molar-refractivity contribution in [3.63, 3.8) is 0 Å². The highest BCUT2D eigenvalue weighted by molar-refractivity contribution is 6.30. The van der Waals surface area contributed by atoms with Crippen molar-refractivity contribution < 1.29 is 23.6 Å². The maximum Gasteiger partial charge on any atom is 0.237 e. The minimum atomic E-state index is -2.26. The maximum absolute atomic E-state index is 14.4. The van der Waals surface area contributed by atoms with Crippen LogP contribution in [0.2, 0.25) is 5.02 Å². The van der Waals surface area contributed by atoms with Crippen LogP contribution in [0.1, 0.15) is 49.7 Å². The summed E-state index contributed by atoms with van der Waals surface area (Å²) in [5, 5.41) is 11.9. The second-order valence-electron chi connectivity index (χ2n) is 8.74. The maximum atomic E-state index is 14.4. The van der Waals surface area contributed by atoms with Crippen molar-refractivity contribution in [3.8, 4) is 0 Å². The van der Waals surface area contributed by atoms with E-state index in [4.69, 9.17) is 25.3 Å². The number of carbonyl (C=O) groups is 1. The lowest BCUT2D eigenvalue weighted by Crippen LogP contribution is -2.48. The van der Waals surface area contributed by atoms with Crippen LogP contribution in [-0.4, -0.2) is 54.5 Å². The Labute approximate surface area is 221 Å². The average Bonchev–Trinajstić information content (AvgIpc) is 3.00. The number of likely N-dealkylation sites (tertiary alicyclic amines) is 1. The molecule has 1 amide bonds. The number of hydrogen-bond acceptors (Lipinski definition) is 3. The molecule has 34 heavy (non-hydrogen) atoms. The highest BCUT2D eigenvalue weighted by Gasteiger charge is 2.43. The summed E-state index contributed by atoms with van der Waals surface area (Å²) in [5.74, 6) is -0.802. The quantitative estimate of drug-likeness (QED) is 0.506. The van der Waals surface area contributed by atoms with Gasteiger partial charge in [-0.2, -0.15) is 0 Å². The molecule has 3 aromatic carbocycles. The fourth-order valence-corrected chi connectivity index (χ4v) is 4.65. The van der Waals surface area contributed by atoms with Crippen LogP contribution < -0.4 is 0 Å². The highest BCUT2D eigenvalue weighted by atomic mass is 35.5. The predicted molar refractivity (Wildman–Crippen MR) is 138 cm³/mol. The van der Waals surface area contributed by atoms with E-state index in [1.165, 1.54) is 14.1 Å². The van der Waals surface area contributed by atoms with E-state index in [2.05, 4.69) is 0 Å². The minimum absolute atomic E-state index is 0.0840. The molecule has 0 atom stereocenters. The van der Waals surface area contributed by atoms with Crippen molar-refractivity contribution in [2.24, 2.45) is 0 Å². The highest BCUT2D eigenvalue weighted by Crippen LogP contribution is 2.39. The third-order valence-electron chi connectivity index (χ3n) is 6.49. The lowest BCUT2D eigenvalue weighted by molar-refractivity contribution is -0.133. The average molecular weight is 487 g/mol. The number of carbonyl (C=O) groups excluding carboxylic acids is 1. The first-order valence-electron chi connectivity index (χ1n) is 16.1. The van der Waals surface area contributed by atoms with Gasteiger partial charge in [0.1, 0.15) is 5.41 Å². The van der Waals surface area contributed by atoms with Gasteiger partial charge in [-0.15, -0.1) is 0 Å². The molecule has 1 heterocycles. The zero-order valence-corrected chi connectivity index (χ0v) is 19.9. The molecule has 178 valence electrons. The summed E-state index contributed by atoms with van der Waals surface area (Å²) in [6.45, 7) is 0.819. The van der Waals surface area contributed by atoms with E-state index in [-0.39, 0.29) is 13.0 Å². The Kier molecular flexibility index (Phi) is 4.45. The molecule has 1 fully saturated rings. The van der Waals surface area contributed by atoms with Crippen LogP contribution in [0.5, 0.6) is 0 Å². The summed E-state index contributed by atoms with van der Waals surface area (Å²) in [5.41, 5.74) is -3.60. The van der Waals surface area contributed by atoms with Gasteiger partial charge in [-0.05, 0) is 54.6 Å². The van der Waals surface area contributed by atoms with Gasteiger partial charge in [-0.3, -0.25) is 4.79 Å². The van der Waals surface area contributed by atoms with Crippen molar-refractivity contribution in [2.75, 3.05) is 33.7 Å². The Balaban J connectivity index is 1.90. The molecular weight excluding hydrogens is 444 g/mol. The number of hydrogen-bond donors (Lipinski definition) is 1. The summed E-state index contributed by atoms with van der Waals surface area (Å²) in [6.07, 6.45) is 0.380. The Morgan fingerprint density at radius 2 is 1.50 bits per heavy atom. The first kappa shape index (κ1) is 14.7. The van der Waals surface area contributed by atoms with E-state index in [1.54, 1.807) is 24.3 Å². The Hall–Kier alpha value is -2.66. The molecule has 0 bridgehead atoms. The summed E-state index contributed by atoms with van der Waals surface area (Å²) in [7, 11) is 2.80. The topological polar surface area (TPSA) is 43.8 Å². The third-order valence-corrected chi connectivity index (χ3v) is 6.74. The molecule has 4 nitrogen and oxygen atoms in total. The van der Waals surface area contributed by atoms with E-state index in [0.717, 1.165) is 4.90 Å². The van der Waals surface area contributed by atoms with E-state index in [0.29, 0.717) is 36.5 Å². The van der Waals surface area contributed by atoms with Gasteiger partial charge in [0.15, 0.2) is 0 Å². The van der Waals surface area contributed by atoms with Crippen molar-refractivity contribution in [3.05, 3.63) is 106 Å². The van der Waals surface area contributed by atoms with Crippen molar-refractivity contribution in [2.45, 2.75) is 30.3 Å². The molecule has 4 rings (SSSR count). The second kappa shape index (κ2) is 10.3. The number of halogens is 1. The molecule has 1 saturated heterocycles. The summed E-state index contributed by atoms with van der Waals surface area (Å²) in [4.78, 5) is 17.4. The van der Waals surface area contributed by atoms with Crippen LogP contribution in [0.15, 0.2) is 84.7 Å². The van der Waals surface area contributed by atoms with Crippen LogP contribution in [0, 0.1) is 0 Å². The molecule has 0 aliphatic carbocycles. The van der Waals surface area contributed by atoms with Gasteiger partial charge in [-0.25, -0.2) is 0 Å². The monoisotopic (exact) mass is 486 g/mol. The molecule has 0 saturated carbocycles. The Morgan fingerprint density at radius 3 is 1.97 bits per heavy atom. The minimum Gasteiger partial charge on any atom is -0.385 e. The van der Waals surface area contributed by atoms with Crippen molar-refractivity contribution in [1.82, 2.24) is 9.80 Å². The molecule has 0 spiro atoms. The lowest BCUT2D eigenvalue weighted by Gasteiger charge is -2.41. The van der Waals surface area contributed by atoms with E-state index >= 15 is 0 Å². The summed E-state index contributed by atoms with van der Waals surface area (Å²) >= 11 is 6.01. The van der Waals surface area contributed by atoms with Gasteiger partial charge in [0.2, 0.25) is 5.91 Å². The van der Waals surface area contributed by atoms with Crippen LogP contribution in [0.4, 0.5) is 0 Å². The van der Waals surface area contributed by atoms with Gasteiger partial charge in [0, 0.05) is 32.2 Å². The first-order valence-corrected chi connectivity index (χ1v) is 11.4. The van der Waals surface area contributed by atoms with Crippen molar-refractivity contribution >= 4 is 17.5 Å². The lowest BCUT2D eigenvalue weighted by atomic mass is 9.70. The second-order valence-corrected chi connectivity index (χ2v) is 9.17. The predicted octanol–water partition coefficient (Wildman–Crippen LogP) is 5.09. The molecule has 0 radical (unpaired) electrons. The Morgan fingerprint density at radius 1 is 1.00 bits per heavy atom. The largest absolute Gasteiger partial charge is 0.385 e. The zero-order chi connectivity index (χ0) is 32.9. The van der Waals surface area contributed by atoms with Gasteiger partial charge < -0.3 is 14.9 Å². The van der Waals surface area contributed by atoms with E-state index in [9.17, 15) is 9.90 Å². The molecule has 0 unspecified atom stereocenters. The number of aliphatic hydroxyl groups is 1. The number of nitrogens with zero attached hydrogens (tertiary/aromatic N) is 2. The number of rotatable bonds is 7. The van der Waals surface area contributed by atoms with Crippen molar-refractivity contribution in [1.29, 1.82) is 0 Å². The molecule has 1 aliphatic heterocycles. The molecule has 0 aromatic heterocycles. The zero-order valence-electron chi connectivity index (χ0n) is 29.2. The molecule has 3 aromatic rings. The van der Waals surface area contributed by atoms with E-state index < -0.39 is 88.5 Å². The summed E-state index contributed by atoms with van der Waals surface area (Å²) < 4.78 is 84.8. The summed E-state index contributed by atoms with van der Waals surface area (Å²) in [6, 6.07) is -0.111. The van der Waals surface area contributed by atoms with Gasteiger partial charge in [0.05, 0.1) is 19.3 Å². The molecular formula is C29H33ClN2O2. The van der Waals surface area contributed by atoms with Gasteiger partial charge in [0.25, 0.3) is 0 Å². The fraction of sp³-hybridized carbons (Fsp3) is 0.345. The Bertz CT molecular complexity index is 1480. The molecule has 5 heteroatoms. The van der Waals surface area contributed by atoms with Crippen LogP contribution in [0.3, 0.4) is 0 Å². The van der Waals surface area contributed by atoms with Crippen LogP contribution in [-0.2, 0) is 15.8 Å². The standard InChI is InChI=1S/C29H33ClN2O2/c1-31(2)27(33)29(24-9-5-3-6-10-24,25-11-7-4-8-12-25)19-22-32-20-17-28(34,18-21-32)23-13-15-26(30)16-14-23/h3-16,34H,17-22H2,1-2H3/i3D,4D,5D,6D,7D,8D,9D,10D,11D,12D. The molecule has 1 aliphatic rings. The van der Waals surface area contributed by atoms with E-state index in [1.807, 2.05) is 4.90 Å². The van der Waals surface area contributed by atoms with Crippen LogP contribution in [0.25, 0.3) is 0 Å². The SMILES string of the molecule is [2H]c1c([2H])c([2H])c(C(CCN2CCC(O)(c3ccc(Cl)cc3)CC2)(C(=O)N(C)C)c2c([2H])c([2H])c([2H])c([2H])c2[2H])c([2H])c1[2H]. The number of amides is 1. The molecule has 1 N–H and O–H groups in total. The van der Waals surface area contributed by atoms with Gasteiger partial charge >= 0.3 is 0 Å². The fourth-order valence-electron chi connectivity index (χ4n) is 4.53.